The van der Waals surface area contributed by atoms with Crippen molar-refractivity contribution in [3.05, 3.63) is 29.3 Å². The van der Waals surface area contributed by atoms with Crippen LogP contribution >= 0.6 is 0 Å². The van der Waals surface area contributed by atoms with Gasteiger partial charge in [0.2, 0.25) is 6.41 Å². The second-order valence-corrected chi connectivity index (χ2v) is 2.93. The van der Waals surface area contributed by atoms with Crippen molar-refractivity contribution in [2.75, 3.05) is 6.54 Å². The zero-order chi connectivity index (χ0) is 12.1. The number of carbonyl (C=O) groups is 3. The third kappa shape index (κ3) is 2.35. The van der Waals surface area contributed by atoms with E-state index in [2.05, 4.69) is 5.32 Å². The van der Waals surface area contributed by atoms with Gasteiger partial charge < -0.3 is 15.5 Å². The summed E-state index contributed by atoms with van der Waals surface area (Å²) in [6.45, 7) is -0.292. The first-order valence-corrected chi connectivity index (χ1v) is 4.33. The van der Waals surface area contributed by atoms with Gasteiger partial charge in [0, 0.05) is 0 Å². The Morgan fingerprint density at radius 1 is 1.31 bits per heavy atom. The Hall–Kier alpha value is -2.37. The summed E-state index contributed by atoms with van der Waals surface area (Å²) in [5.74, 6) is -2.48. The van der Waals surface area contributed by atoms with Crippen LogP contribution in [-0.4, -0.2) is 34.9 Å². The molecule has 16 heavy (non-hydrogen) atoms. The molecule has 0 saturated carbocycles. The molecule has 0 aliphatic heterocycles. The van der Waals surface area contributed by atoms with E-state index in [4.69, 9.17) is 5.11 Å². The molecule has 0 aromatic heterocycles. The molecule has 6 heteroatoms. The van der Waals surface area contributed by atoms with Gasteiger partial charge in [-0.3, -0.25) is 9.59 Å². The van der Waals surface area contributed by atoms with Crippen molar-refractivity contribution in [1.82, 2.24) is 5.32 Å². The summed E-state index contributed by atoms with van der Waals surface area (Å²) >= 11 is 0. The first-order valence-electron chi connectivity index (χ1n) is 4.33. The van der Waals surface area contributed by atoms with Crippen molar-refractivity contribution in [3.63, 3.8) is 0 Å². The summed E-state index contributed by atoms with van der Waals surface area (Å²) in [6.07, 6.45) is 0.343. The maximum absolute atomic E-state index is 11.4. The molecule has 0 saturated heterocycles. The van der Waals surface area contributed by atoms with Gasteiger partial charge in [0.05, 0.1) is 12.1 Å². The lowest BCUT2D eigenvalue weighted by molar-refractivity contribution is -0.109. The summed E-state index contributed by atoms with van der Waals surface area (Å²) in [7, 11) is 0. The van der Waals surface area contributed by atoms with Crippen LogP contribution < -0.4 is 5.32 Å². The smallest absolute Gasteiger partial charge is 0.339 e. The number of phenols is 1. The molecule has 1 aromatic rings. The van der Waals surface area contributed by atoms with Gasteiger partial charge >= 0.3 is 5.97 Å². The number of hydrogen-bond donors (Lipinski definition) is 3. The zero-order valence-corrected chi connectivity index (χ0v) is 8.14. The largest absolute Gasteiger partial charge is 0.506 e. The highest BCUT2D eigenvalue weighted by Crippen LogP contribution is 2.22. The number of benzene rings is 1. The van der Waals surface area contributed by atoms with Crippen molar-refractivity contribution < 1.29 is 24.6 Å². The molecule has 0 spiro atoms. The summed E-state index contributed by atoms with van der Waals surface area (Å²) in [5, 5.41) is 20.3. The monoisotopic (exact) mass is 223 g/mol. The van der Waals surface area contributed by atoms with Gasteiger partial charge in [-0.15, -0.1) is 0 Å². The van der Waals surface area contributed by atoms with Gasteiger partial charge in [0.1, 0.15) is 11.3 Å². The molecular weight excluding hydrogens is 214 g/mol. The maximum atomic E-state index is 11.4. The number of ketones is 1. The standard InChI is InChI=1S/C10H9NO5/c12-5-11-4-8(13)6-2-1-3-7(9(6)14)10(15)16/h1-3,5,14H,4H2,(H,11,12)(H,15,16). The minimum Gasteiger partial charge on any atom is -0.506 e. The van der Waals surface area contributed by atoms with Gasteiger partial charge in [-0.25, -0.2) is 4.79 Å². The highest BCUT2D eigenvalue weighted by atomic mass is 16.4. The number of Topliss-reactive ketones (excluding diaryl/α,β-unsaturated/α-hetero) is 1. The van der Waals surface area contributed by atoms with Crippen molar-refractivity contribution >= 4 is 18.2 Å². The van der Waals surface area contributed by atoms with Crippen LogP contribution in [0, 0.1) is 0 Å². The Kier molecular flexibility index (Phi) is 3.60. The molecule has 0 aliphatic rings. The summed E-state index contributed by atoms with van der Waals surface area (Å²) in [6, 6.07) is 3.81. The Morgan fingerprint density at radius 3 is 2.50 bits per heavy atom. The Morgan fingerprint density at radius 2 is 1.94 bits per heavy atom. The first kappa shape index (κ1) is 11.7. The molecule has 0 heterocycles. The normalized spacial score (nSPS) is 9.50. The highest BCUT2D eigenvalue weighted by Gasteiger charge is 2.17. The molecule has 0 fully saturated rings. The summed E-state index contributed by atoms with van der Waals surface area (Å²) in [4.78, 5) is 32.1. The molecule has 0 bridgehead atoms. The number of carboxylic acids is 1. The Labute approximate surface area is 90.5 Å². The molecule has 3 N–H and O–H groups in total. The first-order chi connectivity index (χ1) is 7.57. The van der Waals surface area contributed by atoms with Crippen LogP contribution in [-0.2, 0) is 4.79 Å². The van der Waals surface area contributed by atoms with Crippen molar-refractivity contribution in [1.29, 1.82) is 0 Å². The van der Waals surface area contributed by atoms with Gasteiger partial charge in [-0.05, 0) is 12.1 Å². The predicted octanol–water partition coefficient (Wildman–Crippen LogP) is 0.0191. The molecule has 6 nitrogen and oxygen atoms in total. The highest BCUT2D eigenvalue weighted by molar-refractivity contribution is 6.04. The van der Waals surface area contributed by atoms with E-state index in [9.17, 15) is 19.5 Å². The van der Waals surface area contributed by atoms with E-state index in [1.807, 2.05) is 0 Å². The number of amides is 1. The zero-order valence-electron chi connectivity index (χ0n) is 8.14. The number of rotatable bonds is 5. The number of nitrogens with one attached hydrogen (secondary N) is 1. The molecule has 1 rings (SSSR count). The van der Waals surface area contributed by atoms with E-state index in [-0.39, 0.29) is 17.7 Å². The number of aromatic hydroxyl groups is 1. The van der Waals surface area contributed by atoms with Crippen molar-refractivity contribution in [3.8, 4) is 5.75 Å². The van der Waals surface area contributed by atoms with Gasteiger partial charge in [-0.1, -0.05) is 6.07 Å². The fourth-order valence-electron chi connectivity index (χ4n) is 1.17. The van der Waals surface area contributed by atoms with E-state index in [1.54, 1.807) is 0 Å². The topological polar surface area (TPSA) is 104 Å². The van der Waals surface area contributed by atoms with Gasteiger partial charge in [0.15, 0.2) is 5.78 Å². The molecule has 0 aliphatic carbocycles. The second-order valence-electron chi connectivity index (χ2n) is 2.93. The van der Waals surface area contributed by atoms with Crippen LogP contribution in [0.3, 0.4) is 0 Å². The van der Waals surface area contributed by atoms with E-state index in [0.717, 1.165) is 0 Å². The SMILES string of the molecule is O=CNCC(=O)c1cccc(C(=O)O)c1O. The summed E-state index contributed by atoms with van der Waals surface area (Å²) < 4.78 is 0. The number of carbonyl (C=O) groups excluding carboxylic acids is 2. The minimum atomic E-state index is -1.32. The Balaban J connectivity index is 3.05. The van der Waals surface area contributed by atoms with Crippen molar-refractivity contribution in [2.45, 2.75) is 0 Å². The average Bonchev–Trinajstić information content (AvgIpc) is 2.25. The molecule has 0 radical (unpaired) electrons. The minimum absolute atomic E-state index is 0.130. The quantitative estimate of drug-likeness (QED) is 0.482. The molecule has 0 unspecified atom stereocenters. The molecule has 1 amide bonds. The lowest BCUT2D eigenvalue weighted by Gasteiger charge is -2.05. The fourth-order valence-corrected chi connectivity index (χ4v) is 1.17. The van der Waals surface area contributed by atoms with Crippen LogP contribution in [0.25, 0.3) is 0 Å². The lowest BCUT2D eigenvalue weighted by atomic mass is 10.1. The molecular formula is C10H9NO5. The van der Waals surface area contributed by atoms with E-state index < -0.39 is 17.5 Å². The Bertz CT molecular complexity index is 441. The predicted molar refractivity (Wildman–Crippen MR) is 53.5 cm³/mol. The summed E-state index contributed by atoms with van der Waals surface area (Å²) in [5.41, 5.74) is -0.480. The number of aromatic carboxylic acids is 1. The van der Waals surface area contributed by atoms with Crippen LogP contribution in [0.1, 0.15) is 20.7 Å². The van der Waals surface area contributed by atoms with Crippen LogP contribution in [0.4, 0.5) is 0 Å². The number of para-hydroxylation sites is 1. The third-order valence-electron chi connectivity index (χ3n) is 1.91. The molecule has 1 aromatic carbocycles. The van der Waals surface area contributed by atoms with E-state index in [1.165, 1.54) is 18.2 Å². The second kappa shape index (κ2) is 4.92. The van der Waals surface area contributed by atoms with Crippen LogP contribution in [0.5, 0.6) is 5.75 Å². The van der Waals surface area contributed by atoms with Crippen LogP contribution in [0.2, 0.25) is 0 Å². The number of hydrogen-bond acceptors (Lipinski definition) is 4. The van der Waals surface area contributed by atoms with Crippen molar-refractivity contribution in [2.24, 2.45) is 0 Å². The average molecular weight is 223 g/mol. The van der Waals surface area contributed by atoms with E-state index >= 15 is 0 Å². The van der Waals surface area contributed by atoms with Crippen LogP contribution in [0.15, 0.2) is 18.2 Å². The van der Waals surface area contributed by atoms with Gasteiger partial charge in [0.25, 0.3) is 0 Å². The van der Waals surface area contributed by atoms with Gasteiger partial charge in [-0.2, -0.15) is 0 Å². The fraction of sp³-hybridized carbons (Fsp3) is 0.100. The lowest BCUT2D eigenvalue weighted by Crippen LogP contribution is -2.21. The van der Waals surface area contributed by atoms with E-state index in [0.29, 0.717) is 6.41 Å². The molecule has 0 atom stereocenters. The number of carboxylic acid groups (broad SMARTS) is 1. The maximum Gasteiger partial charge on any atom is 0.339 e. The third-order valence-corrected chi connectivity index (χ3v) is 1.91. The molecule has 84 valence electrons.